The van der Waals surface area contributed by atoms with Crippen molar-refractivity contribution in [1.29, 1.82) is 0 Å². The third kappa shape index (κ3) is 6.80. The third-order valence-corrected chi connectivity index (χ3v) is 7.61. The van der Waals surface area contributed by atoms with E-state index in [1.807, 2.05) is 24.3 Å². The zero-order valence-corrected chi connectivity index (χ0v) is 28.8. The van der Waals surface area contributed by atoms with Gasteiger partial charge in [-0.1, -0.05) is 41.5 Å². The molecule has 0 spiro atoms. The molecule has 44 heavy (non-hydrogen) atoms. The number of carbonyl (C=O) groups is 1. The Morgan fingerprint density at radius 3 is 1.70 bits per heavy atom. The zero-order valence-electron chi connectivity index (χ0n) is 28.0. The standard InChI is InChI=1S/C36H44N2O5S/c1-33(2,3)23-15-19(16-24(42-23)34(4,5)6)13-21-27(28-30(40)37-32(44)38-31(28)41)22(29(21)39)14-20-17-25(35(7,8)9)43-26(18-20)36(10,11)12/h13-18H,1-12H3,(H2-,37,38,39,40,41,44)/p+1. The molecular formula is C36H45N2O5S+. The maximum absolute atomic E-state index is 13.9. The summed E-state index contributed by atoms with van der Waals surface area (Å²) in [7, 11) is 0. The van der Waals surface area contributed by atoms with Gasteiger partial charge in [0.2, 0.25) is 5.88 Å². The van der Waals surface area contributed by atoms with Crippen molar-refractivity contribution in [3.8, 4) is 5.88 Å². The fourth-order valence-electron chi connectivity index (χ4n) is 4.73. The lowest BCUT2D eigenvalue weighted by atomic mass is 9.75. The van der Waals surface area contributed by atoms with Gasteiger partial charge < -0.3 is 14.8 Å². The van der Waals surface area contributed by atoms with Gasteiger partial charge in [-0.25, -0.2) is 4.42 Å². The molecule has 2 aromatic heterocycles. The summed E-state index contributed by atoms with van der Waals surface area (Å²) in [6.07, 6.45) is 7.36. The Labute approximate surface area is 265 Å². The van der Waals surface area contributed by atoms with Gasteiger partial charge in [-0.05, 0) is 89.2 Å². The number of rotatable bonds is 3. The fourth-order valence-corrected chi connectivity index (χ4v) is 4.92. The highest BCUT2D eigenvalue weighted by Crippen LogP contribution is 2.44. The Kier molecular flexibility index (Phi) is 8.27. The van der Waals surface area contributed by atoms with Crippen LogP contribution in [0.3, 0.4) is 0 Å². The van der Waals surface area contributed by atoms with Gasteiger partial charge in [0.25, 0.3) is 5.56 Å². The van der Waals surface area contributed by atoms with E-state index < -0.39 is 11.4 Å². The van der Waals surface area contributed by atoms with Gasteiger partial charge in [0.05, 0.1) is 10.8 Å². The van der Waals surface area contributed by atoms with Crippen LogP contribution in [0.25, 0.3) is 11.6 Å². The van der Waals surface area contributed by atoms with Gasteiger partial charge in [-0.3, -0.25) is 14.6 Å². The molecule has 0 unspecified atom stereocenters. The van der Waals surface area contributed by atoms with E-state index in [2.05, 4.69) is 93.1 Å². The fraction of sp³-hybridized carbons (Fsp3) is 0.444. The van der Waals surface area contributed by atoms with Gasteiger partial charge in [0, 0.05) is 39.7 Å². The second-order valence-corrected chi connectivity index (χ2v) is 16.1. The van der Waals surface area contributed by atoms with E-state index in [0.717, 1.165) is 34.2 Å². The predicted molar refractivity (Wildman–Crippen MR) is 179 cm³/mol. The third-order valence-electron chi connectivity index (χ3n) is 7.41. The largest absolute Gasteiger partial charge is 0.494 e. The highest BCUT2D eigenvalue weighted by Gasteiger charge is 2.39. The second kappa shape index (κ2) is 11.0. The number of nitrogens with one attached hydrogen (secondary N) is 2. The van der Waals surface area contributed by atoms with Crippen molar-refractivity contribution in [3.05, 3.63) is 96.4 Å². The number of allylic oxidation sites excluding steroid dienone is 9. The number of H-pyrrole nitrogens is 2. The summed E-state index contributed by atoms with van der Waals surface area (Å²) in [6, 6.07) is 3.84. The molecule has 2 aliphatic rings. The number of aromatic nitrogens is 2. The van der Waals surface area contributed by atoms with Crippen LogP contribution in [0, 0.1) is 15.6 Å². The summed E-state index contributed by atoms with van der Waals surface area (Å²) < 4.78 is 12.6. The molecule has 0 saturated heterocycles. The van der Waals surface area contributed by atoms with E-state index in [4.69, 9.17) is 21.4 Å². The number of hydrogen-bond acceptors (Lipinski definition) is 5. The van der Waals surface area contributed by atoms with Gasteiger partial charge >= 0.3 is 11.5 Å². The molecule has 0 radical (unpaired) electrons. The average molecular weight is 618 g/mol. The van der Waals surface area contributed by atoms with Crippen molar-refractivity contribution < 1.29 is 19.1 Å². The summed E-state index contributed by atoms with van der Waals surface area (Å²) >= 11 is 5.08. The number of ether oxygens (including phenoxy) is 1. The van der Waals surface area contributed by atoms with Crippen molar-refractivity contribution in [2.45, 2.75) is 93.9 Å². The van der Waals surface area contributed by atoms with Gasteiger partial charge in [-0.15, -0.1) is 0 Å². The van der Waals surface area contributed by atoms with Crippen LogP contribution < -0.4 is 5.56 Å². The molecule has 0 saturated carbocycles. The first-order valence-electron chi connectivity index (χ1n) is 14.9. The monoisotopic (exact) mass is 617 g/mol. The predicted octanol–water partition coefficient (Wildman–Crippen LogP) is 8.84. The minimum atomic E-state index is -0.590. The van der Waals surface area contributed by atoms with E-state index >= 15 is 0 Å². The summed E-state index contributed by atoms with van der Waals surface area (Å²) in [6.45, 7) is 24.8. The molecule has 1 aliphatic heterocycles. The van der Waals surface area contributed by atoms with Crippen LogP contribution >= 0.6 is 12.2 Å². The Bertz CT molecular complexity index is 1750. The maximum Gasteiger partial charge on any atom is 0.335 e. The van der Waals surface area contributed by atoms with E-state index in [0.29, 0.717) is 16.7 Å². The van der Waals surface area contributed by atoms with Crippen LogP contribution in [-0.2, 0) is 20.4 Å². The summed E-state index contributed by atoms with van der Waals surface area (Å²) in [5, 5.41) is 10.9. The quantitative estimate of drug-likeness (QED) is 0.180. The zero-order chi connectivity index (χ0) is 33.2. The lowest BCUT2D eigenvalue weighted by molar-refractivity contribution is -0.112. The normalized spacial score (nSPS) is 17.3. The summed E-state index contributed by atoms with van der Waals surface area (Å²) in [5.74, 6) is 2.42. The van der Waals surface area contributed by atoms with Crippen LogP contribution in [0.1, 0.15) is 106 Å². The van der Waals surface area contributed by atoms with E-state index in [1.54, 1.807) is 12.2 Å². The number of aromatic hydroxyl groups is 1. The molecule has 3 heterocycles. The van der Waals surface area contributed by atoms with Crippen LogP contribution in [-0.4, -0.2) is 20.9 Å². The topological polar surface area (TPSA) is 106 Å². The number of carbonyl (C=O) groups excluding carboxylic acids is 1. The lowest BCUT2D eigenvalue weighted by Crippen LogP contribution is -2.26. The summed E-state index contributed by atoms with van der Waals surface area (Å²) in [5.41, 5.74) is 0.697. The van der Waals surface area contributed by atoms with Crippen LogP contribution in [0.5, 0.6) is 5.88 Å². The first kappa shape index (κ1) is 33.1. The number of aromatic amines is 2. The van der Waals surface area contributed by atoms with Crippen molar-refractivity contribution >= 4 is 29.7 Å². The first-order chi connectivity index (χ1) is 20.0. The number of Topliss-reactive ketones (excluding diaryl/α,β-unsaturated/α-hetero) is 1. The molecule has 0 fully saturated rings. The molecule has 2 aromatic rings. The maximum atomic E-state index is 13.9. The van der Waals surface area contributed by atoms with Crippen molar-refractivity contribution in [3.63, 3.8) is 0 Å². The van der Waals surface area contributed by atoms with E-state index in [9.17, 15) is 14.7 Å². The first-order valence-corrected chi connectivity index (χ1v) is 15.3. The Morgan fingerprint density at radius 1 is 0.773 bits per heavy atom. The minimum absolute atomic E-state index is 0.0119. The minimum Gasteiger partial charge on any atom is -0.494 e. The van der Waals surface area contributed by atoms with E-state index in [-0.39, 0.29) is 37.8 Å². The van der Waals surface area contributed by atoms with Gasteiger partial charge in [-0.2, -0.15) is 0 Å². The molecule has 0 aromatic carbocycles. The molecule has 1 aliphatic carbocycles. The van der Waals surface area contributed by atoms with Crippen molar-refractivity contribution in [2.24, 2.45) is 10.8 Å². The number of hydrogen-bond donors (Lipinski definition) is 3. The van der Waals surface area contributed by atoms with Gasteiger partial charge in [0.1, 0.15) is 17.1 Å². The Morgan fingerprint density at radius 2 is 1.27 bits per heavy atom. The van der Waals surface area contributed by atoms with Gasteiger partial charge in [0.15, 0.2) is 10.6 Å². The SMILES string of the molecule is CC(C)(C)C1=CC(=CC2=C(c3c(O)[nH]c(=S)[nH]c3=O)/C(=C/c3cc(C(C)(C)C)[o+]c(C(C)(C)C)c3)C2=O)C=C(C(C)(C)C)O1. The molecule has 3 N–H and O–H groups in total. The highest BCUT2D eigenvalue weighted by atomic mass is 32.1. The Balaban J connectivity index is 2.03. The molecule has 0 amide bonds. The van der Waals surface area contributed by atoms with Crippen LogP contribution in [0.15, 0.2) is 67.8 Å². The van der Waals surface area contributed by atoms with E-state index in [1.165, 1.54) is 0 Å². The molecular weight excluding hydrogens is 572 g/mol. The molecule has 234 valence electrons. The van der Waals surface area contributed by atoms with Crippen molar-refractivity contribution in [2.75, 3.05) is 0 Å². The molecule has 4 rings (SSSR count). The Hall–Kier alpha value is -3.78. The second-order valence-electron chi connectivity index (χ2n) is 15.7. The summed E-state index contributed by atoms with van der Waals surface area (Å²) in [4.78, 5) is 32.3. The van der Waals surface area contributed by atoms with Crippen molar-refractivity contribution in [1.82, 2.24) is 9.97 Å². The highest BCUT2D eigenvalue weighted by molar-refractivity contribution is 7.71. The lowest BCUT2D eigenvalue weighted by Gasteiger charge is -2.33. The van der Waals surface area contributed by atoms with Crippen LogP contribution in [0.2, 0.25) is 0 Å². The molecule has 0 atom stereocenters. The average Bonchev–Trinajstić information content (AvgIpc) is 2.86. The molecule has 7 nitrogen and oxygen atoms in total. The molecule has 8 heteroatoms. The number of ketones is 1. The molecule has 0 bridgehead atoms. The smallest absolute Gasteiger partial charge is 0.335 e. The van der Waals surface area contributed by atoms with Crippen LogP contribution in [0.4, 0.5) is 0 Å².